The fraction of sp³-hybridized carbons (Fsp3) is 0.571. The van der Waals surface area contributed by atoms with E-state index in [1.54, 1.807) is 6.08 Å². The van der Waals surface area contributed by atoms with Gasteiger partial charge >= 0.3 is 0 Å². The van der Waals surface area contributed by atoms with Crippen LogP contribution in [-0.4, -0.2) is 17.5 Å². The van der Waals surface area contributed by atoms with Crippen molar-refractivity contribution in [2.75, 3.05) is 6.61 Å². The normalized spacial score (nSPS) is 21.3. The average Bonchev–Trinajstić information content (AvgIpc) is 2.89. The van der Waals surface area contributed by atoms with Crippen LogP contribution in [0.1, 0.15) is 58.8 Å². The SMILES string of the molecule is CC/C=C\C[C@H](C)C/C=C1/C(=O)C=C[C@@H]1C/C=C\CCCCO. The molecule has 0 bridgehead atoms. The van der Waals surface area contributed by atoms with Crippen LogP contribution >= 0.6 is 0 Å². The molecule has 1 N–H and O–H groups in total. The third-order valence-corrected chi connectivity index (χ3v) is 4.18. The Morgan fingerprint density at radius 2 is 2.00 bits per heavy atom. The number of hydrogen-bond acceptors (Lipinski definition) is 2. The van der Waals surface area contributed by atoms with E-state index in [4.69, 9.17) is 5.11 Å². The Kier molecular flexibility index (Phi) is 10.3. The summed E-state index contributed by atoms with van der Waals surface area (Å²) in [6, 6.07) is 0. The van der Waals surface area contributed by atoms with Crippen molar-refractivity contribution < 1.29 is 9.90 Å². The van der Waals surface area contributed by atoms with Crippen molar-refractivity contribution >= 4 is 5.78 Å². The molecule has 0 fully saturated rings. The van der Waals surface area contributed by atoms with Crippen molar-refractivity contribution in [2.24, 2.45) is 11.8 Å². The average molecular weight is 316 g/mol. The predicted octanol–water partition coefficient (Wildman–Crippen LogP) is 5.16. The topological polar surface area (TPSA) is 37.3 Å². The maximum absolute atomic E-state index is 12.0. The molecule has 0 radical (unpaired) electrons. The monoisotopic (exact) mass is 316 g/mol. The number of allylic oxidation sites excluding steroid dienone is 8. The molecule has 0 amide bonds. The summed E-state index contributed by atoms with van der Waals surface area (Å²) in [5.41, 5.74) is 0.969. The summed E-state index contributed by atoms with van der Waals surface area (Å²) in [7, 11) is 0. The third-order valence-electron chi connectivity index (χ3n) is 4.18. The largest absolute Gasteiger partial charge is 0.396 e. The van der Waals surface area contributed by atoms with Gasteiger partial charge in [0.05, 0.1) is 0 Å². The van der Waals surface area contributed by atoms with Gasteiger partial charge in [0.25, 0.3) is 0 Å². The zero-order valence-corrected chi connectivity index (χ0v) is 14.7. The number of aliphatic hydroxyl groups excluding tert-OH is 1. The fourth-order valence-corrected chi connectivity index (χ4v) is 2.70. The van der Waals surface area contributed by atoms with E-state index >= 15 is 0 Å². The number of carbonyl (C=O) groups is 1. The summed E-state index contributed by atoms with van der Waals surface area (Å²) in [4.78, 5) is 12.0. The molecule has 0 aliphatic heterocycles. The highest BCUT2D eigenvalue weighted by atomic mass is 16.2. The Morgan fingerprint density at radius 1 is 1.17 bits per heavy atom. The van der Waals surface area contributed by atoms with Crippen LogP contribution in [0, 0.1) is 11.8 Å². The van der Waals surface area contributed by atoms with Gasteiger partial charge < -0.3 is 5.11 Å². The van der Waals surface area contributed by atoms with Crippen LogP contribution in [0.3, 0.4) is 0 Å². The second-order valence-corrected chi connectivity index (χ2v) is 6.37. The Bertz CT molecular complexity index is 454. The van der Waals surface area contributed by atoms with Gasteiger partial charge in [-0.25, -0.2) is 0 Å². The first-order chi connectivity index (χ1) is 11.2. The molecule has 2 atom stereocenters. The first-order valence-electron chi connectivity index (χ1n) is 9.02. The fourth-order valence-electron chi connectivity index (χ4n) is 2.70. The van der Waals surface area contributed by atoms with Crippen LogP contribution in [0.4, 0.5) is 0 Å². The van der Waals surface area contributed by atoms with Gasteiger partial charge in [0.15, 0.2) is 5.78 Å². The number of rotatable bonds is 11. The highest BCUT2D eigenvalue weighted by molar-refractivity contribution is 6.07. The van der Waals surface area contributed by atoms with E-state index in [-0.39, 0.29) is 18.3 Å². The Morgan fingerprint density at radius 3 is 2.74 bits per heavy atom. The van der Waals surface area contributed by atoms with Gasteiger partial charge in [0.2, 0.25) is 0 Å². The quantitative estimate of drug-likeness (QED) is 0.325. The minimum absolute atomic E-state index is 0.181. The van der Waals surface area contributed by atoms with Crippen molar-refractivity contribution in [1.29, 1.82) is 0 Å². The molecular weight excluding hydrogens is 284 g/mol. The molecule has 0 aromatic rings. The second-order valence-electron chi connectivity index (χ2n) is 6.37. The molecule has 0 aromatic heterocycles. The standard InChI is InChI=1S/C21H32O2/c1-3-4-8-11-18(2)13-15-20-19(14-16-21(20)23)12-9-6-5-7-10-17-22/h4,6,8-9,14-16,18-19,22H,3,5,7,10-13,17H2,1-2H3/b8-4-,9-6-,20-15+/t18-,19-/m0/s1. The van der Waals surface area contributed by atoms with E-state index in [9.17, 15) is 4.79 Å². The lowest BCUT2D eigenvalue weighted by Crippen LogP contribution is -2.03. The van der Waals surface area contributed by atoms with Crippen LogP contribution < -0.4 is 0 Å². The molecule has 2 nitrogen and oxygen atoms in total. The Hall–Kier alpha value is -1.41. The molecule has 0 heterocycles. The zero-order valence-electron chi connectivity index (χ0n) is 14.7. The van der Waals surface area contributed by atoms with Gasteiger partial charge in [0, 0.05) is 18.1 Å². The first-order valence-corrected chi connectivity index (χ1v) is 9.02. The molecule has 0 saturated heterocycles. The number of hydrogen-bond donors (Lipinski definition) is 1. The van der Waals surface area contributed by atoms with Gasteiger partial charge in [-0.3, -0.25) is 4.79 Å². The summed E-state index contributed by atoms with van der Waals surface area (Å²) in [6.07, 6.45) is 21.6. The summed E-state index contributed by atoms with van der Waals surface area (Å²) < 4.78 is 0. The smallest absolute Gasteiger partial charge is 0.181 e. The number of carbonyl (C=O) groups excluding carboxylic acids is 1. The lowest BCUT2D eigenvalue weighted by molar-refractivity contribution is -0.111. The zero-order chi connectivity index (χ0) is 16.9. The van der Waals surface area contributed by atoms with Crippen molar-refractivity contribution in [2.45, 2.75) is 58.8 Å². The van der Waals surface area contributed by atoms with Gasteiger partial charge in [-0.2, -0.15) is 0 Å². The van der Waals surface area contributed by atoms with E-state index in [1.807, 2.05) is 6.08 Å². The maximum Gasteiger partial charge on any atom is 0.181 e. The highest BCUT2D eigenvalue weighted by Crippen LogP contribution is 2.27. The third kappa shape index (κ3) is 8.13. The van der Waals surface area contributed by atoms with Crippen molar-refractivity contribution in [1.82, 2.24) is 0 Å². The molecule has 23 heavy (non-hydrogen) atoms. The summed E-state index contributed by atoms with van der Waals surface area (Å²) >= 11 is 0. The molecule has 0 saturated carbocycles. The lowest BCUT2D eigenvalue weighted by Gasteiger charge is -2.10. The molecule has 1 aliphatic carbocycles. The van der Waals surface area contributed by atoms with E-state index in [0.29, 0.717) is 5.92 Å². The molecule has 0 unspecified atom stereocenters. The highest BCUT2D eigenvalue weighted by Gasteiger charge is 2.21. The predicted molar refractivity (Wildman–Crippen MR) is 98.2 cm³/mol. The molecule has 1 aliphatic rings. The van der Waals surface area contributed by atoms with Gasteiger partial charge in [-0.15, -0.1) is 0 Å². The van der Waals surface area contributed by atoms with E-state index in [1.165, 1.54) is 0 Å². The summed E-state index contributed by atoms with van der Waals surface area (Å²) in [5.74, 6) is 1.00. The number of unbranched alkanes of at least 4 members (excludes halogenated alkanes) is 2. The van der Waals surface area contributed by atoms with Crippen LogP contribution in [0.25, 0.3) is 0 Å². The molecular formula is C21H32O2. The molecule has 1 rings (SSSR count). The van der Waals surface area contributed by atoms with E-state index < -0.39 is 0 Å². The lowest BCUT2D eigenvalue weighted by atomic mass is 9.94. The summed E-state index contributed by atoms with van der Waals surface area (Å²) in [6.45, 7) is 4.65. The summed E-state index contributed by atoms with van der Waals surface area (Å²) in [5, 5.41) is 8.75. The van der Waals surface area contributed by atoms with Crippen LogP contribution in [-0.2, 0) is 4.79 Å². The van der Waals surface area contributed by atoms with Crippen molar-refractivity contribution in [3.63, 3.8) is 0 Å². The van der Waals surface area contributed by atoms with Crippen molar-refractivity contribution in [3.05, 3.63) is 48.1 Å². The van der Waals surface area contributed by atoms with Crippen LogP contribution in [0.2, 0.25) is 0 Å². The minimum atomic E-state index is 0.181. The Labute approximate surface area is 141 Å². The minimum Gasteiger partial charge on any atom is -0.396 e. The van der Waals surface area contributed by atoms with Gasteiger partial charge in [0.1, 0.15) is 0 Å². The molecule has 128 valence electrons. The first kappa shape index (κ1) is 19.6. The van der Waals surface area contributed by atoms with Crippen molar-refractivity contribution in [3.8, 4) is 0 Å². The van der Waals surface area contributed by atoms with Gasteiger partial charge in [-0.1, -0.05) is 50.3 Å². The number of ketones is 1. The van der Waals surface area contributed by atoms with E-state index in [2.05, 4.69) is 44.2 Å². The molecule has 0 aromatic carbocycles. The van der Waals surface area contributed by atoms with Crippen LogP contribution in [0.5, 0.6) is 0 Å². The van der Waals surface area contributed by atoms with Crippen LogP contribution in [0.15, 0.2) is 48.1 Å². The maximum atomic E-state index is 12.0. The molecule has 2 heteroatoms. The second kappa shape index (κ2) is 12.1. The Balaban J connectivity index is 2.43. The number of aliphatic hydroxyl groups is 1. The van der Waals surface area contributed by atoms with E-state index in [0.717, 1.165) is 50.5 Å². The van der Waals surface area contributed by atoms with Gasteiger partial charge in [-0.05, 0) is 56.9 Å². The molecule has 0 spiro atoms.